The first kappa shape index (κ1) is 15.4. The van der Waals surface area contributed by atoms with Crippen molar-refractivity contribution >= 4 is 28.0 Å². The summed E-state index contributed by atoms with van der Waals surface area (Å²) in [6.45, 7) is 1.95. The normalized spacial score (nSPS) is 12.3. The molecule has 0 bridgehead atoms. The number of carbonyl (C=O) groups excluding carboxylic acids is 1. The van der Waals surface area contributed by atoms with Crippen molar-refractivity contribution < 1.29 is 4.79 Å². The van der Waals surface area contributed by atoms with Crippen LogP contribution in [0.4, 0.5) is 0 Å². The van der Waals surface area contributed by atoms with Gasteiger partial charge in [0.05, 0.1) is 6.04 Å². The Kier molecular flexibility index (Phi) is 4.25. The largest absolute Gasteiger partial charge is 0.335 e. The van der Waals surface area contributed by atoms with Crippen LogP contribution in [0.2, 0.25) is 0 Å². The molecule has 0 spiro atoms. The number of rotatable bonds is 4. The van der Waals surface area contributed by atoms with Gasteiger partial charge in [-0.2, -0.15) is 0 Å². The number of benzene rings is 1. The Morgan fingerprint density at radius 1 is 1.35 bits per heavy atom. The lowest BCUT2D eigenvalue weighted by atomic mass is 10.2. The summed E-state index contributed by atoms with van der Waals surface area (Å²) in [5.74, 6) is -0.120. The molecule has 23 heavy (non-hydrogen) atoms. The molecule has 5 nitrogen and oxygen atoms in total. The summed E-state index contributed by atoms with van der Waals surface area (Å²) in [4.78, 5) is 30.8. The number of thiazole rings is 1. The molecule has 0 radical (unpaired) electrons. The molecule has 3 aromatic rings. The fourth-order valence-electron chi connectivity index (χ4n) is 2.43. The summed E-state index contributed by atoms with van der Waals surface area (Å²) in [6, 6.07) is 9.13. The minimum Gasteiger partial charge on any atom is -0.335 e. The van der Waals surface area contributed by atoms with Crippen LogP contribution < -0.4 is 5.56 Å². The molecule has 0 aliphatic carbocycles. The summed E-state index contributed by atoms with van der Waals surface area (Å²) in [6.07, 6.45) is 3.40. The number of fused-ring (bicyclic) bond motifs is 1. The maximum Gasteiger partial charge on any atom is 0.258 e. The van der Waals surface area contributed by atoms with Gasteiger partial charge in [-0.25, -0.2) is 4.98 Å². The van der Waals surface area contributed by atoms with Crippen molar-refractivity contribution in [1.82, 2.24) is 14.5 Å². The van der Waals surface area contributed by atoms with Gasteiger partial charge in [0.15, 0.2) is 0 Å². The molecule has 0 saturated heterocycles. The number of amides is 1. The smallest absolute Gasteiger partial charge is 0.258 e. The Labute approximate surface area is 137 Å². The Morgan fingerprint density at radius 3 is 2.87 bits per heavy atom. The lowest BCUT2D eigenvalue weighted by Gasteiger charge is -2.23. The highest BCUT2D eigenvalue weighted by Gasteiger charge is 2.20. The fraction of sp³-hybridized carbons (Fsp3) is 0.235. The first-order valence-electron chi connectivity index (χ1n) is 7.31. The Morgan fingerprint density at radius 2 is 2.13 bits per heavy atom. The summed E-state index contributed by atoms with van der Waals surface area (Å²) >= 11 is 1.51. The van der Waals surface area contributed by atoms with E-state index in [0.717, 1.165) is 10.4 Å². The molecular formula is C17H17N3O2S. The number of pyridine rings is 1. The van der Waals surface area contributed by atoms with Crippen molar-refractivity contribution in [2.45, 2.75) is 19.5 Å². The van der Waals surface area contributed by atoms with Crippen molar-refractivity contribution in [3.63, 3.8) is 0 Å². The monoisotopic (exact) mass is 327 g/mol. The second-order valence-corrected chi connectivity index (χ2v) is 6.31. The zero-order valence-electron chi connectivity index (χ0n) is 13.0. The quantitative estimate of drug-likeness (QED) is 0.740. The van der Waals surface area contributed by atoms with Crippen LogP contribution in [0.15, 0.2) is 52.9 Å². The average Bonchev–Trinajstić information content (AvgIpc) is 3.10. The molecule has 2 aromatic heterocycles. The van der Waals surface area contributed by atoms with Gasteiger partial charge in [-0.3, -0.25) is 9.59 Å². The van der Waals surface area contributed by atoms with E-state index in [0.29, 0.717) is 5.39 Å². The van der Waals surface area contributed by atoms with E-state index in [4.69, 9.17) is 0 Å². The molecule has 3 rings (SSSR count). The van der Waals surface area contributed by atoms with Crippen molar-refractivity contribution in [2.24, 2.45) is 0 Å². The van der Waals surface area contributed by atoms with Gasteiger partial charge in [0.2, 0.25) is 5.91 Å². The Hall–Kier alpha value is -2.47. The van der Waals surface area contributed by atoms with Crippen LogP contribution >= 0.6 is 11.3 Å². The van der Waals surface area contributed by atoms with Crippen LogP contribution in [-0.4, -0.2) is 27.4 Å². The van der Waals surface area contributed by atoms with Crippen LogP contribution in [0.5, 0.6) is 0 Å². The molecule has 0 aliphatic heterocycles. The molecule has 1 aromatic carbocycles. The predicted octanol–water partition coefficient (Wildman–Crippen LogP) is 2.68. The van der Waals surface area contributed by atoms with E-state index < -0.39 is 0 Å². The minimum atomic E-state index is -0.147. The SMILES string of the molecule is C[C@H](c1nccs1)N(C)C(=O)Cn1ccc2ccccc2c1=O. The van der Waals surface area contributed by atoms with Gasteiger partial charge in [-0.05, 0) is 24.4 Å². The molecule has 0 saturated carbocycles. The number of hydrogen-bond acceptors (Lipinski definition) is 4. The van der Waals surface area contributed by atoms with Gasteiger partial charge in [-0.15, -0.1) is 11.3 Å². The summed E-state index contributed by atoms with van der Waals surface area (Å²) in [5, 5.41) is 4.27. The molecule has 0 aliphatic rings. The Bertz CT molecular complexity index is 886. The molecule has 0 fully saturated rings. The molecule has 2 heterocycles. The zero-order valence-corrected chi connectivity index (χ0v) is 13.8. The molecule has 118 valence electrons. The van der Waals surface area contributed by atoms with E-state index in [1.54, 1.807) is 30.4 Å². The van der Waals surface area contributed by atoms with Gasteiger partial charge in [-0.1, -0.05) is 18.2 Å². The topological polar surface area (TPSA) is 55.2 Å². The number of hydrogen-bond donors (Lipinski definition) is 0. The van der Waals surface area contributed by atoms with E-state index in [1.165, 1.54) is 15.9 Å². The lowest BCUT2D eigenvalue weighted by Crippen LogP contribution is -2.35. The fourth-order valence-corrected chi connectivity index (χ4v) is 3.17. The van der Waals surface area contributed by atoms with Gasteiger partial charge >= 0.3 is 0 Å². The van der Waals surface area contributed by atoms with Gasteiger partial charge in [0, 0.05) is 30.2 Å². The number of carbonyl (C=O) groups is 1. The van der Waals surface area contributed by atoms with Crippen LogP contribution in [0.1, 0.15) is 18.0 Å². The standard InChI is InChI=1S/C17H17N3O2S/c1-12(16-18-8-10-23-16)19(2)15(21)11-20-9-7-13-5-3-4-6-14(13)17(20)22/h3-10,12H,11H2,1-2H3/t12-/m1/s1. The lowest BCUT2D eigenvalue weighted by molar-refractivity contribution is -0.132. The third-order valence-corrected chi connectivity index (χ3v) is 4.92. The van der Waals surface area contributed by atoms with Crippen molar-refractivity contribution in [2.75, 3.05) is 7.05 Å². The highest BCUT2D eigenvalue weighted by atomic mass is 32.1. The van der Waals surface area contributed by atoms with Gasteiger partial charge in [0.1, 0.15) is 11.6 Å². The summed E-state index contributed by atoms with van der Waals surface area (Å²) in [5.41, 5.74) is -0.147. The number of likely N-dealkylation sites (N-methyl/N-ethyl adjacent to an activating group) is 1. The van der Waals surface area contributed by atoms with Gasteiger partial charge < -0.3 is 9.47 Å². The molecular weight excluding hydrogens is 310 g/mol. The van der Waals surface area contributed by atoms with Crippen LogP contribution in [0.25, 0.3) is 10.8 Å². The number of aromatic nitrogens is 2. The summed E-state index contributed by atoms with van der Waals surface area (Å²) in [7, 11) is 1.74. The second kappa shape index (κ2) is 6.34. The Balaban J connectivity index is 1.83. The minimum absolute atomic E-state index is 0.0237. The highest BCUT2D eigenvalue weighted by molar-refractivity contribution is 7.09. The van der Waals surface area contributed by atoms with E-state index >= 15 is 0 Å². The average molecular weight is 327 g/mol. The van der Waals surface area contributed by atoms with E-state index in [1.807, 2.05) is 36.6 Å². The first-order valence-corrected chi connectivity index (χ1v) is 8.19. The second-order valence-electron chi connectivity index (χ2n) is 5.39. The molecule has 1 atom stereocenters. The van der Waals surface area contributed by atoms with Crippen molar-refractivity contribution in [1.29, 1.82) is 0 Å². The molecule has 1 amide bonds. The van der Waals surface area contributed by atoms with Crippen LogP contribution in [0.3, 0.4) is 0 Å². The summed E-state index contributed by atoms with van der Waals surface area (Å²) < 4.78 is 1.45. The van der Waals surface area contributed by atoms with E-state index in [2.05, 4.69) is 4.98 Å². The van der Waals surface area contributed by atoms with Gasteiger partial charge in [0.25, 0.3) is 5.56 Å². The van der Waals surface area contributed by atoms with Crippen LogP contribution in [0, 0.1) is 0 Å². The first-order chi connectivity index (χ1) is 11.1. The van der Waals surface area contributed by atoms with Crippen molar-refractivity contribution in [3.8, 4) is 0 Å². The third-order valence-electron chi connectivity index (χ3n) is 3.97. The third kappa shape index (κ3) is 3.03. The van der Waals surface area contributed by atoms with Crippen LogP contribution in [-0.2, 0) is 11.3 Å². The molecule has 6 heteroatoms. The van der Waals surface area contributed by atoms with E-state index in [-0.39, 0.29) is 24.1 Å². The van der Waals surface area contributed by atoms with Crippen molar-refractivity contribution in [3.05, 3.63) is 63.5 Å². The maximum atomic E-state index is 12.5. The maximum absolute atomic E-state index is 12.5. The van der Waals surface area contributed by atoms with E-state index in [9.17, 15) is 9.59 Å². The number of nitrogens with zero attached hydrogens (tertiary/aromatic N) is 3. The predicted molar refractivity (Wildman–Crippen MR) is 91.5 cm³/mol. The highest BCUT2D eigenvalue weighted by Crippen LogP contribution is 2.20. The zero-order chi connectivity index (χ0) is 16.4. The molecule has 0 N–H and O–H groups in total. The molecule has 0 unspecified atom stereocenters.